The molecule has 0 N–H and O–H groups in total. The van der Waals surface area contributed by atoms with Crippen LogP contribution in [0.2, 0.25) is 0 Å². The molecule has 0 heterocycles. The minimum absolute atomic E-state index is 0.249. The lowest BCUT2D eigenvalue weighted by atomic mass is 10.2. The van der Waals surface area contributed by atoms with Crippen molar-refractivity contribution in [2.45, 2.75) is 32.9 Å². The third kappa shape index (κ3) is 8.57. The van der Waals surface area contributed by atoms with Crippen molar-refractivity contribution in [3.63, 3.8) is 0 Å². The summed E-state index contributed by atoms with van der Waals surface area (Å²) in [6, 6.07) is 0. The summed E-state index contributed by atoms with van der Waals surface area (Å²) >= 11 is 5.34. The van der Waals surface area contributed by atoms with E-state index in [2.05, 4.69) is 0 Å². The molecule has 0 aromatic rings. The van der Waals surface area contributed by atoms with Gasteiger partial charge in [0.15, 0.2) is 0 Å². The van der Waals surface area contributed by atoms with Crippen LogP contribution < -0.4 is 0 Å². The molecule has 2 nitrogen and oxygen atoms in total. The lowest BCUT2D eigenvalue weighted by molar-refractivity contribution is 0.129. The lowest BCUT2D eigenvalue weighted by Crippen LogP contribution is -2.07. The molecule has 0 spiro atoms. The molecular weight excluding hydrogens is 261 g/mol. The SMILES string of the molecule is CCOP(=S)(OCC(C)C)SC(C)(F)F. The van der Waals surface area contributed by atoms with Crippen molar-refractivity contribution in [3.8, 4) is 0 Å². The standard InChI is InChI=1S/C8H17F2O2PS2/c1-5-11-13(14,12-6-7(2)3)15-8(4,9)10/h7H,5-6H2,1-4H3. The first-order chi connectivity index (χ1) is 6.68. The van der Waals surface area contributed by atoms with E-state index in [-0.39, 0.29) is 5.92 Å². The largest absolute Gasteiger partial charge is 0.322 e. The second-order valence-electron chi connectivity index (χ2n) is 3.45. The van der Waals surface area contributed by atoms with Crippen molar-refractivity contribution in [2.75, 3.05) is 13.2 Å². The van der Waals surface area contributed by atoms with Crippen molar-refractivity contribution >= 4 is 28.9 Å². The Morgan fingerprint density at radius 2 is 1.93 bits per heavy atom. The van der Waals surface area contributed by atoms with E-state index in [1.54, 1.807) is 6.92 Å². The third-order valence-corrected chi connectivity index (χ3v) is 6.28. The van der Waals surface area contributed by atoms with Gasteiger partial charge in [-0.1, -0.05) is 13.8 Å². The minimum atomic E-state index is -2.92. The second-order valence-corrected chi connectivity index (χ2v) is 9.89. The van der Waals surface area contributed by atoms with Crippen LogP contribution in [0.15, 0.2) is 0 Å². The quantitative estimate of drug-likeness (QED) is 0.647. The van der Waals surface area contributed by atoms with Gasteiger partial charge in [0.25, 0.3) is 10.9 Å². The number of alkyl halides is 2. The molecule has 1 atom stereocenters. The van der Waals surface area contributed by atoms with Crippen LogP contribution in [0, 0.1) is 5.92 Å². The molecule has 0 saturated carbocycles. The Kier molecular flexibility index (Phi) is 6.84. The predicted octanol–water partition coefficient (Wildman–Crippen LogP) is 4.27. The zero-order chi connectivity index (χ0) is 12.1. The summed E-state index contributed by atoms with van der Waals surface area (Å²) in [4.78, 5) is 0. The van der Waals surface area contributed by atoms with Crippen molar-refractivity contribution in [1.29, 1.82) is 0 Å². The first-order valence-electron chi connectivity index (χ1n) is 4.66. The van der Waals surface area contributed by atoms with Gasteiger partial charge in [0.05, 0.1) is 13.2 Å². The second kappa shape index (κ2) is 6.50. The Bertz CT molecular complexity index is 231. The zero-order valence-electron chi connectivity index (χ0n) is 9.33. The summed E-state index contributed by atoms with van der Waals surface area (Å²) < 4.78 is 36.1. The Balaban J connectivity index is 4.39. The highest BCUT2D eigenvalue weighted by molar-refractivity contribution is 8.68. The van der Waals surface area contributed by atoms with E-state index in [4.69, 9.17) is 20.9 Å². The van der Waals surface area contributed by atoms with E-state index in [0.29, 0.717) is 24.6 Å². The molecule has 0 bridgehead atoms. The van der Waals surface area contributed by atoms with E-state index < -0.39 is 10.9 Å². The summed E-state index contributed by atoms with van der Waals surface area (Å²) in [5.41, 5.74) is -2.89. The van der Waals surface area contributed by atoms with Crippen LogP contribution in [0.4, 0.5) is 8.78 Å². The predicted molar refractivity (Wildman–Crippen MR) is 64.9 cm³/mol. The normalized spacial score (nSPS) is 16.7. The van der Waals surface area contributed by atoms with Gasteiger partial charge in [0.1, 0.15) is 0 Å². The molecule has 0 aromatic heterocycles. The van der Waals surface area contributed by atoms with Gasteiger partial charge < -0.3 is 9.05 Å². The smallest absolute Gasteiger partial charge is 0.299 e. The van der Waals surface area contributed by atoms with E-state index >= 15 is 0 Å². The summed E-state index contributed by atoms with van der Waals surface area (Å²) in [5, 5.41) is -2.92. The minimum Gasteiger partial charge on any atom is -0.322 e. The average molecular weight is 278 g/mol. The average Bonchev–Trinajstić information content (AvgIpc) is 1.98. The Morgan fingerprint density at radius 1 is 1.40 bits per heavy atom. The lowest BCUT2D eigenvalue weighted by Gasteiger charge is -2.24. The first-order valence-corrected chi connectivity index (χ1v) is 8.72. The molecule has 0 saturated heterocycles. The molecule has 0 radical (unpaired) electrons. The van der Waals surface area contributed by atoms with Crippen LogP contribution in [-0.4, -0.2) is 18.5 Å². The van der Waals surface area contributed by atoms with Crippen molar-refractivity contribution in [2.24, 2.45) is 5.92 Å². The van der Waals surface area contributed by atoms with Crippen LogP contribution in [0.25, 0.3) is 0 Å². The fourth-order valence-corrected chi connectivity index (χ4v) is 5.72. The van der Waals surface area contributed by atoms with Gasteiger partial charge >= 0.3 is 0 Å². The molecule has 0 fully saturated rings. The number of hydrogen-bond acceptors (Lipinski definition) is 4. The van der Waals surface area contributed by atoms with Crippen LogP contribution in [0.3, 0.4) is 0 Å². The van der Waals surface area contributed by atoms with E-state index in [0.717, 1.165) is 6.92 Å². The first kappa shape index (κ1) is 15.8. The van der Waals surface area contributed by atoms with Gasteiger partial charge in [-0.3, -0.25) is 0 Å². The maximum atomic E-state index is 12.8. The summed E-state index contributed by atoms with van der Waals surface area (Å²) in [5.74, 6) is 0.249. The van der Waals surface area contributed by atoms with Crippen molar-refractivity contribution in [3.05, 3.63) is 0 Å². The topological polar surface area (TPSA) is 18.5 Å². The monoisotopic (exact) mass is 278 g/mol. The van der Waals surface area contributed by atoms with Gasteiger partial charge in [0.2, 0.25) is 0 Å². The molecule has 92 valence electrons. The number of hydrogen-bond donors (Lipinski definition) is 0. The van der Waals surface area contributed by atoms with Crippen LogP contribution in [0.5, 0.6) is 0 Å². The van der Waals surface area contributed by atoms with E-state index in [1.165, 1.54) is 0 Å². The third-order valence-electron chi connectivity index (χ3n) is 1.13. The molecule has 15 heavy (non-hydrogen) atoms. The molecule has 7 heteroatoms. The van der Waals surface area contributed by atoms with Crippen molar-refractivity contribution < 1.29 is 17.8 Å². The molecule has 0 aliphatic carbocycles. The Morgan fingerprint density at radius 3 is 2.27 bits per heavy atom. The summed E-state index contributed by atoms with van der Waals surface area (Å²) in [6.07, 6.45) is 0. The maximum absolute atomic E-state index is 12.8. The fraction of sp³-hybridized carbons (Fsp3) is 1.00. The van der Waals surface area contributed by atoms with Crippen LogP contribution in [-0.2, 0) is 20.9 Å². The number of rotatable bonds is 7. The van der Waals surface area contributed by atoms with E-state index in [1.807, 2.05) is 13.8 Å². The van der Waals surface area contributed by atoms with Gasteiger partial charge in [-0.05, 0) is 24.6 Å². The highest BCUT2D eigenvalue weighted by atomic mass is 32.9. The molecule has 0 aliphatic rings. The molecule has 0 rings (SSSR count). The summed E-state index contributed by atoms with van der Waals surface area (Å²) in [7, 11) is 0. The van der Waals surface area contributed by atoms with E-state index in [9.17, 15) is 8.78 Å². The molecule has 0 amide bonds. The molecule has 1 unspecified atom stereocenters. The number of halogens is 2. The fourth-order valence-electron chi connectivity index (χ4n) is 0.685. The van der Waals surface area contributed by atoms with Crippen molar-refractivity contribution in [1.82, 2.24) is 0 Å². The van der Waals surface area contributed by atoms with Gasteiger partial charge in [-0.2, -0.15) is 8.78 Å². The Labute approximate surface area is 99.0 Å². The van der Waals surface area contributed by atoms with Gasteiger partial charge in [-0.15, -0.1) is 0 Å². The van der Waals surface area contributed by atoms with Gasteiger partial charge in [-0.25, -0.2) is 0 Å². The van der Waals surface area contributed by atoms with Crippen LogP contribution >= 0.6 is 17.1 Å². The molecular formula is C8H17F2O2PS2. The molecule has 0 aliphatic heterocycles. The molecule has 0 aromatic carbocycles. The highest BCUT2D eigenvalue weighted by Gasteiger charge is 2.34. The maximum Gasteiger partial charge on any atom is 0.299 e. The summed E-state index contributed by atoms with van der Waals surface area (Å²) in [6.45, 7) is 7.02. The van der Waals surface area contributed by atoms with Gasteiger partial charge in [0, 0.05) is 18.3 Å². The van der Waals surface area contributed by atoms with Crippen LogP contribution in [0.1, 0.15) is 27.7 Å². The zero-order valence-corrected chi connectivity index (χ0v) is 11.9. The Hall–Kier alpha value is 0.780. The highest BCUT2D eigenvalue weighted by Crippen LogP contribution is 2.66.